The zero-order valence-corrected chi connectivity index (χ0v) is 19.8. The summed E-state index contributed by atoms with van der Waals surface area (Å²) in [4.78, 5) is 45.0. The van der Waals surface area contributed by atoms with Gasteiger partial charge in [-0.25, -0.2) is 4.98 Å². The normalized spacial score (nSPS) is 13.8. The van der Waals surface area contributed by atoms with E-state index < -0.39 is 4.92 Å². The van der Waals surface area contributed by atoms with Crippen LogP contribution in [0.25, 0.3) is 0 Å². The molecule has 0 unspecified atom stereocenters. The van der Waals surface area contributed by atoms with E-state index in [1.54, 1.807) is 34.1 Å². The van der Waals surface area contributed by atoms with Gasteiger partial charge in [0.15, 0.2) is 4.34 Å². The molecule has 2 amide bonds. The summed E-state index contributed by atoms with van der Waals surface area (Å²) in [6.45, 7) is 5.41. The van der Waals surface area contributed by atoms with Crippen LogP contribution < -0.4 is 0 Å². The molecule has 0 spiro atoms. The topological polar surface area (TPSA) is 96.7 Å². The van der Waals surface area contributed by atoms with Crippen LogP contribution in [0.5, 0.6) is 0 Å². The Kier molecular flexibility index (Phi) is 6.75. The van der Waals surface area contributed by atoms with E-state index in [9.17, 15) is 19.7 Å². The highest BCUT2D eigenvalue weighted by Gasteiger charge is 2.27. The molecule has 1 fully saturated rings. The Morgan fingerprint density at radius 1 is 0.970 bits per heavy atom. The average molecular weight is 483 g/mol. The summed E-state index contributed by atoms with van der Waals surface area (Å²) in [5, 5.41) is 13.5. The maximum Gasteiger partial charge on any atom is 0.284 e. The monoisotopic (exact) mass is 482 g/mol. The second-order valence-electron chi connectivity index (χ2n) is 7.75. The minimum Gasteiger partial charge on any atom is -0.335 e. The quantitative estimate of drug-likeness (QED) is 0.395. The van der Waals surface area contributed by atoms with Gasteiger partial charge in [0.2, 0.25) is 0 Å². The number of aryl methyl sites for hydroxylation is 2. The van der Waals surface area contributed by atoms with Crippen molar-refractivity contribution in [3.8, 4) is 0 Å². The molecular formula is C23H22N4O4S2. The molecule has 4 rings (SSSR count). The molecule has 0 aliphatic carbocycles. The second-order valence-corrected chi connectivity index (χ2v) is 9.89. The Labute approximate surface area is 199 Å². The van der Waals surface area contributed by atoms with E-state index in [0.717, 1.165) is 11.3 Å². The van der Waals surface area contributed by atoms with Crippen LogP contribution in [0.4, 0.5) is 5.69 Å². The second kappa shape index (κ2) is 9.72. The van der Waals surface area contributed by atoms with Gasteiger partial charge >= 0.3 is 0 Å². The molecule has 1 saturated heterocycles. The predicted octanol–water partition coefficient (Wildman–Crippen LogP) is 4.42. The summed E-state index contributed by atoms with van der Waals surface area (Å²) in [5.41, 5.74) is 2.71. The van der Waals surface area contributed by atoms with Crippen LogP contribution in [-0.2, 0) is 0 Å². The Morgan fingerprint density at radius 3 is 2.09 bits per heavy atom. The standard InChI is InChI=1S/C23H22N4O4S2/c1-15-3-5-17(6-4-15)21(28)25-9-11-26(12-10-25)22(29)18-7-8-20(19(13-18)27(30)31)33-23-24-16(2)14-32-23/h3-8,13-14H,9-12H2,1-2H3. The summed E-state index contributed by atoms with van der Waals surface area (Å²) < 4.78 is 0.712. The average Bonchev–Trinajstić information content (AvgIpc) is 3.23. The fraction of sp³-hybridized carbons (Fsp3) is 0.261. The van der Waals surface area contributed by atoms with Crippen LogP contribution in [0.2, 0.25) is 0 Å². The van der Waals surface area contributed by atoms with Crippen molar-refractivity contribution < 1.29 is 14.5 Å². The van der Waals surface area contributed by atoms with Crippen molar-refractivity contribution in [1.29, 1.82) is 0 Å². The first-order valence-corrected chi connectivity index (χ1v) is 12.0. The summed E-state index contributed by atoms with van der Waals surface area (Å²) in [7, 11) is 0. The van der Waals surface area contributed by atoms with Crippen LogP contribution in [0.1, 0.15) is 32.0 Å². The van der Waals surface area contributed by atoms with E-state index in [1.807, 2.05) is 31.4 Å². The summed E-state index contributed by atoms with van der Waals surface area (Å²) >= 11 is 2.64. The minimum absolute atomic E-state index is 0.0588. The maximum absolute atomic E-state index is 13.0. The molecular weight excluding hydrogens is 460 g/mol. The van der Waals surface area contributed by atoms with Gasteiger partial charge in [-0.15, -0.1) is 11.3 Å². The molecule has 0 bridgehead atoms. The minimum atomic E-state index is -0.474. The molecule has 1 aliphatic rings. The van der Waals surface area contributed by atoms with Crippen molar-refractivity contribution in [2.24, 2.45) is 0 Å². The molecule has 2 aromatic carbocycles. The molecule has 0 radical (unpaired) electrons. The first-order valence-electron chi connectivity index (χ1n) is 10.4. The third kappa shape index (κ3) is 5.23. The fourth-order valence-corrected chi connectivity index (χ4v) is 5.41. The van der Waals surface area contributed by atoms with E-state index in [2.05, 4.69) is 4.98 Å². The van der Waals surface area contributed by atoms with E-state index in [-0.39, 0.29) is 23.1 Å². The van der Waals surface area contributed by atoms with Crippen LogP contribution >= 0.6 is 23.1 Å². The van der Waals surface area contributed by atoms with Crippen molar-refractivity contribution >= 4 is 40.6 Å². The number of carbonyl (C=O) groups is 2. The number of hydrogen-bond donors (Lipinski definition) is 0. The molecule has 2 heterocycles. The van der Waals surface area contributed by atoms with Gasteiger partial charge in [0, 0.05) is 54.4 Å². The van der Waals surface area contributed by atoms with Crippen molar-refractivity contribution in [1.82, 2.24) is 14.8 Å². The first kappa shape index (κ1) is 22.9. The lowest BCUT2D eigenvalue weighted by molar-refractivity contribution is -0.387. The molecule has 1 aliphatic heterocycles. The molecule has 33 heavy (non-hydrogen) atoms. The van der Waals surface area contributed by atoms with Crippen LogP contribution in [0.15, 0.2) is 57.1 Å². The molecule has 3 aromatic rings. The first-order chi connectivity index (χ1) is 15.8. The number of aromatic nitrogens is 1. The highest BCUT2D eigenvalue weighted by atomic mass is 32.2. The number of thiazole rings is 1. The SMILES string of the molecule is Cc1ccc(C(=O)N2CCN(C(=O)c3ccc(Sc4nc(C)cs4)c([N+](=O)[O-])c3)CC2)cc1. The lowest BCUT2D eigenvalue weighted by Crippen LogP contribution is -2.50. The Morgan fingerprint density at radius 2 is 1.55 bits per heavy atom. The molecule has 0 atom stereocenters. The third-order valence-corrected chi connectivity index (χ3v) is 7.47. The zero-order valence-electron chi connectivity index (χ0n) is 18.2. The number of benzene rings is 2. The summed E-state index contributed by atoms with van der Waals surface area (Å²) in [6.07, 6.45) is 0. The summed E-state index contributed by atoms with van der Waals surface area (Å²) in [5.74, 6) is -0.335. The zero-order chi connectivity index (χ0) is 23.5. The van der Waals surface area contributed by atoms with Crippen LogP contribution in [0, 0.1) is 24.0 Å². The fourth-order valence-electron chi connectivity index (χ4n) is 3.53. The van der Waals surface area contributed by atoms with Crippen molar-refractivity contribution in [3.63, 3.8) is 0 Å². The van der Waals surface area contributed by atoms with E-state index in [4.69, 9.17) is 0 Å². The van der Waals surface area contributed by atoms with Gasteiger partial charge < -0.3 is 9.80 Å². The number of rotatable bonds is 5. The van der Waals surface area contributed by atoms with Gasteiger partial charge in [-0.2, -0.15) is 0 Å². The number of nitro benzene ring substituents is 1. The molecule has 0 N–H and O–H groups in total. The van der Waals surface area contributed by atoms with Crippen molar-refractivity contribution in [2.45, 2.75) is 23.1 Å². The van der Waals surface area contributed by atoms with Gasteiger partial charge in [0.25, 0.3) is 17.5 Å². The number of hydrogen-bond acceptors (Lipinski definition) is 7. The lowest BCUT2D eigenvalue weighted by atomic mass is 10.1. The number of amides is 2. The molecule has 10 heteroatoms. The number of nitro groups is 1. The Balaban J connectivity index is 1.43. The van der Waals surface area contributed by atoms with Gasteiger partial charge in [-0.3, -0.25) is 19.7 Å². The van der Waals surface area contributed by atoms with Gasteiger partial charge in [-0.1, -0.05) is 29.5 Å². The highest BCUT2D eigenvalue weighted by Crippen LogP contribution is 2.37. The van der Waals surface area contributed by atoms with Crippen molar-refractivity contribution in [2.75, 3.05) is 26.2 Å². The number of nitrogens with zero attached hydrogens (tertiary/aromatic N) is 4. The largest absolute Gasteiger partial charge is 0.335 e. The number of piperazine rings is 1. The van der Waals surface area contributed by atoms with E-state index in [1.165, 1.54) is 29.2 Å². The van der Waals surface area contributed by atoms with Gasteiger partial charge in [0.1, 0.15) is 0 Å². The van der Waals surface area contributed by atoms with Gasteiger partial charge in [-0.05, 0) is 38.1 Å². The maximum atomic E-state index is 13.0. The van der Waals surface area contributed by atoms with Crippen LogP contribution in [-0.4, -0.2) is 57.7 Å². The van der Waals surface area contributed by atoms with Gasteiger partial charge in [0.05, 0.1) is 9.82 Å². The highest BCUT2D eigenvalue weighted by molar-refractivity contribution is 8.01. The van der Waals surface area contributed by atoms with E-state index >= 15 is 0 Å². The van der Waals surface area contributed by atoms with E-state index in [0.29, 0.717) is 41.0 Å². The third-order valence-electron chi connectivity index (χ3n) is 5.35. The Hall–Kier alpha value is -3.24. The predicted molar refractivity (Wildman–Crippen MR) is 127 cm³/mol. The smallest absolute Gasteiger partial charge is 0.284 e. The molecule has 0 saturated carbocycles. The Bertz CT molecular complexity index is 1200. The lowest BCUT2D eigenvalue weighted by Gasteiger charge is -2.35. The molecule has 1 aromatic heterocycles. The summed E-state index contributed by atoms with van der Waals surface area (Å²) in [6, 6.07) is 12.0. The molecule has 8 nitrogen and oxygen atoms in total. The number of carbonyl (C=O) groups excluding carboxylic acids is 2. The molecule has 170 valence electrons. The van der Waals surface area contributed by atoms with Crippen LogP contribution in [0.3, 0.4) is 0 Å². The van der Waals surface area contributed by atoms with Crippen molar-refractivity contribution in [3.05, 3.63) is 80.3 Å².